The zero-order chi connectivity index (χ0) is 44.4. The van der Waals surface area contributed by atoms with Gasteiger partial charge in [0, 0.05) is 48.7 Å². The van der Waals surface area contributed by atoms with Crippen molar-refractivity contribution in [3.8, 4) is 40.3 Å². The lowest BCUT2D eigenvalue weighted by molar-refractivity contribution is 0.590. The average molecular weight is 846 g/mol. The molecule has 310 valence electrons. The highest BCUT2D eigenvalue weighted by Crippen LogP contribution is 2.49. The number of nitriles is 2. The molecule has 0 atom stereocenters. The normalized spacial score (nSPS) is 12.1. The van der Waals surface area contributed by atoms with Gasteiger partial charge in [0.05, 0.1) is 50.2 Å². The largest absolute Gasteiger partial charge is 0.456 e. The van der Waals surface area contributed by atoms with Crippen molar-refractivity contribution < 1.29 is 4.42 Å². The highest BCUT2D eigenvalue weighted by molar-refractivity contribution is 6.18. The van der Waals surface area contributed by atoms with Crippen LogP contribution < -0.4 is 0 Å². The van der Waals surface area contributed by atoms with Crippen LogP contribution in [0.5, 0.6) is 0 Å². The molecular formula is C60H39N5O. The van der Waals surface area contributed by atoms with E-state index in [9.17, 15) is 10.5 Å². The Labute approximate surface area is 379 Å². The topological polar surface area (TPSA) is 75.5 Å². The molecular weight excluding hydrogens is 807 g/mol. The van der Waals surface area contributed by atoms with E-state index in [1.807, 2.05) is 30.3 Å². The van der Waals surface area contributed by atoms with Gasteiger partial charge in [-0.1, -0.05) is 154 Å². The van der Waals surface area contributed by atoms with Gasteiger partial charge in [-0.2, -0.15) is 10.5 Å². The maximum atomic E-state index is 12.2. The van der Waals surface area contributed by atoms with Gasteiger partial charge in [-0.15, -0.1) is 0 Å². The standard InChI is InChI=1S/C60H39N5O/c1-60(2,3)37-30-28-36(29-31-37)56-58(63-48-22-10-4-16-38(48)39-17-5-11-23-49(39)63)46(34-61)57(47(35-62)59(56)64-50-24-12-6-18-40(50)41-19-7-13-25-51(41)64)65-52-26-14-8-20-42(52)44-33-55-45(32-53(44)65)43-21-9-15-27-54(43)66-55/h4-33H,1-3H3. The second-order valence-corrected chi connectivity index (χ2v) is 18.3. The first-order valence-corrected chi connectivity index (χ1v) is 22.3. The summed E-state index contributed by atoms with van der Waals surface area (Å²) in [6, 6.07) is 68.8. The Morgan fingerprint density at radius 3 is 1.21 bits per heavy atom. The van der Waals surface area contributed by atoms with Crippen molar-refractivity contribution in [3.63, 3.8) is 0 Å². The molecule has 0 saturated heterocycles. The molecule has 13 aromatic rings. The van der Waals surface area contributed by atoms with Crippen molar-refractivity contribution in [2.24, 2.45) is 0 Å². The number of hydrogen-bond donors (Lipinski definition) is 0. The Hall–Kier alpha value is -8.84. The maximum Gasteiger partial charge on any atom is 0.136 e. The quantitative estimate of drug-likeness (QED) is 0.177. The van der Waals surface area contributed by atoms with E-state index >= 15 is 0 Å². The van der Waals surface area contributed by atoms with Gasteiger partial charge in [-0.25, -0.2) is 0 Å². The van der Waals surface area contributed by atoms with Crippen LogP contribution in [-0.2, 0) is 5.41 Å². The Morgan fingerprint density at radius 1 is 0.379 bits per heavy atom. The highest BCUT2D eigenvalue weighted by Gasteiger charge is 2.33. The van der Waals surface area contributed by atoms with Crippen molar-refractivity contribution in [1.82, 2.24) is 13.7 Å². The fourth-order valence-electron chi connectivity index (χ4n) is 10.8. The molecule has 4 aromatic heterocycles. The Kier molecular flexibility index (Phi) is 7.90. The summed E-state index contributed by atoms with van der Waals surface area (Å²) in [5.74, 6) is 0. The molecule has 0 spiro atoms. The zero-order valence-electron chi connectivity index (χ0n) is 36.5. The Balaban J connectivity index is 1.33. The lowest BCUT2D eigenvalue weighted by atomic mass is 9.85. The maximum absolute atomic E-state index is 12.2. The summed E-state index contributed by atoms with van der Waals surface area (Å²) < 4.78 is 13.2. The average Bonchev–Trinajstić information content (AvgIpc) is 4.08. The van der Waals surface area contributed by atoms with Crippen LogP contribution in [0.3, 0.4) is 0 Å². The van der Waals surface area contributed by atoms with Crippen molar-refractivity contribution in [2.45, 2.75) is 26.2 Å². The number of hydrogen-bond acceptors (Lipinski definition) is 3. The van der Waals surface area contributed by atoms with Gasteiger partial charge in [0.25, 0.3) is 0 Å². The predicted octanol–water partition coefficient (Wildman–Crippen LogP) is 15.6. The van der Waals surface area contributed by atoms with Gasteiger partial charge in [0.1, 0.15) is 34.4 Å². The van der Waals surface area contributed by atoms with Crippen molar-refractivity contribution >= 4 is 87.4 Å². The van der Waals surface area contributed by atoms with E-state index in [2.05, 4.69) is 198 Å². The fraction of sp³-hybridized carbons (Fsp3) is 0.0667. The van der Waals surface area contributed by atoms with Crippen LogP contribution in [0.2, 0.25) is 0 Å². The molecule has 0 aliphatic heterocycles. The van der Waals surface area contributed by atoms with E-state index in [0.717, 1.165) is 98.5 Å². The van der Waals surface area contributed by atoms with Gasteiger partial charge in [-0.3, -0.25) is 0 Å². The molecule has 0 aliphatic rings. The molecule has 0 unspecified atom stereocenters. The number of benzene rings is 9. The van der Waals surface area contributed by atoms with Crippen LogP contribution in [0, 0.1) is 22.7 Å². The number of furan rings is 1. The first-order chi connectivity index (χ1) is 32.3. The lowest BCUT2D eigenvalue weighted by Gasteiger charge is -2.26. The molecule has 6 heteroatoms. The third-order valence-corrected chi connectivity index (χ3v) is 13.7. The molecule has 0 N–H and O–H groups in total. The molecule has 4 heterocycles. The minimum atomic E-state index is -0.106. The van der Waals surface area contributed by atoms with E-state index in [0.29, 0.717) is 28.2 Å². The van der Waals surface area contributed by atoms with Crippen molar-refractivity contribution in [1.29, 1.82) is 10.5 Å². The molecule has 6 nitrogen and oxygen atoms in total. The molecule has 0 amide bonds. The third-order valence-electron chi connectivity index (χ3n) is 13.7. The molecule has 0 radical (unpaired) electrons. The molecule has 0 aliphatic carbocycles. The second-order valence-electron chi connectivity index (χ2n) is 18.3. The molecule has 9 aromatic carbocycles. The summed E-state index contributed by atoms with van der Waals surface area (Å²) in [5.41, 5.74) is 12.6. The summed E-state index contributed by atoms with van der Waals surface area (Å²) in [4.78, 5) is 0. The fourth-order valence-corrected chi connectivity index (χ4v) is 10.8. The Morgan fingerprint density at radius 2 is 0.773 bits per heavy atom. The van der Waals surface area contributed by atoms with Gasteiger partial charge >= 0.3 is 0 Å². The zero-order valence-corrected chi connectivity index (χ0v) is 36.5. The van der Waals surface area contributed by atoms with E-state index in [-0.39, 0.29) is 5.41 Å². The minimum absolute atomic E-state index is 0.106. The van der Waals surface area contributed by atoms with Crippen LogP contribution in [-0.4, -0.2) is 13.7 Å². The van der Waals surface area contributed by atoms with Crippen molar-refractivity contribution in [3.05, 3.63) is 199 Å². The van der Waals surface area contributed by atoms with Crippen molar-refractivity contribution in [2.75, 3.05) is 0 Å². The van der Waals surface area contributed by atoms with E-state index < -0.39 is 0 Å². The molecule has 66 heavy (non-hydrogen) atoms. The van der Waals surface area contributed by atoms with Gasteiger partial charge in [-0.05, 0) is 65.1 Å². The number of aromatic nitrogens is 3. The van der Waals surface area contributed by atoms with Crippen LogP contribution >= 0.6 is 0 Å². The predicted molar refractivity (Wildman–Crippen MR) is 270 cm³/mol. The van der Waals surface area contributed by atoms with Crippen LogP contribution in [0.4, 0.5) is 0 Å². The van der Waals surface area contributed by atoms with Gasteiger partial charge < -0.3 is 18.1 Å². The van der Waals surface area contributed by atoms with E-state index in [1.54, 1.807) is 0 Å². The van der Waals surface area contributed by atoms with E-state index in [4.69, 9.17) is 4.42 Å². The monoisotopic (exact) mass is 845 g/mol. The summed E-state index contributed by atoms with van der Waals surface area (Å²) in [5, 5.41) is 32.5. The smallest absolute Gasteiger partial charge is 0.136 e. The van der Waals surface area contributed by atoms with Crippen LogP contribution in [0.25, 0.3) is 116 Å². The SMILES string of the molecule is CC(C)(C)c1ccc(-c2c(-n3c4ccccc4c4ccccc43)c(C#N)c(-n3c4ccccc4c4cc5oc6ccccc6c5cc43)c(C#N)c2-n2c3ccccc3c3ccccc32)cc1. The summed E-state index contributed by atoms with van der Waals surface area (Å²) >= 11 is 0. The highest BCUT2D eigenvalue weighted by atomic mass is 16.3. The third kappa shape index (κ3) is 5.16. The number of fused-ring (bicyclic) bond motifs is 12. The van der Waals surface area contributed by atoms with Gasteiger partial charge in [0.15, 0.2) is 0 Å². The summed E-state index contributed by atoms with van der Waals surface area (Å²) in [6.45, 7) is 6.66. The van der Waals surface area contributed by atoms with Crippen LogP contribution in [0.15, 0.2) is 186 Å². The molecule has 13 rings (SSSR count). The number of para-hydroxylation sites is 6. The summed E-state index contributed by atoms with van der Waals surface area (Å²) in [6.07, 6.45) is 0. The Bertz CT molecular complexity index is 4030. The first kappa shape index (κ1) is 37.7. The molecule has 0 bridgehead atoms. The minimum Gasteiger partial charge on any atom is -0.456 e. The molecule has 0 fully saturated rings. The summed E-state index contributed by atoms with van der Waals surface area (Å²) in [7, 11) is 0. The second kappa shape index (κ2) is 13.8. The lowest BCUT2D eigenvalue weighted by Crippen LogP contribution is -2.14. The first-order valence-electron chi connectivity index (χ1n) is 22.3. The number of nitrogens with zero attached hydrogens (tertiary/aromatic N) is 5. The molecule has 0 saturated carbocycles. The number of rotatable bonds is 4. The van der Waals surface area contributed by atoms with Gasteiger partial charge in [0.2, 0.25) is 0 Å². The van der Waals surface area contributed by atoms with E-state index in [1.165, 1.54) is 5.56 Å². The van der Waals surface area contributed by atoms with Crippen LogP contribution in [0.1, 0.15) is 37.5 Å².